The molecule has 0 saturated carbocycles. The van der Waals surface area contributed by atoms with Gasteiger partial charge in [0.25, 0.3) is 6.43 Å². The lowest BCUT2D eigenvalue weighted by molar-refractivity contribution is 0.0688. The summed E-state index contributed by atoms with van der Waals surface area (Å²) in [5.41, 5.74) is -0.122. The van der Waals surface area contributed by atoms with Gasteiger partial charge in [0.1, 0.15) is 16.8 Å². The Morgan fingerprint density at radius 2 is 2.08 bits per heavy atom. The Hall–Kier alpha value is -2.13. The summed E-state index contributed by atoms with van der Waals surface area (Å²) in [6.07, 6.45) is -2.52. The van der Waals surface area contributed by atoms with Gasteiger partial charge in [-0.15, -0.1) is 0 Å². The van der Waals surface area contributed by atoms with Gasteiger partial charge in [0.15, 0.2) is 5.69 Å². The van der Waals surface area contributed by atoms with Gasteiger partial charge < -0.3 is 10.4 Å². The van der Waals surface area contributed by atoms with Crippen molar-refractivity contribution in [2.75, 3.05) is 6.54 Å². The number of aromatic nitrogens is 2. The maximum atomic E-state index is 13.8. The number of carboxylic acid groups (broad SMARTS) is 1. The van der Waals surface area contributed by atoms with Crippen molar-refractivity contribution in [2.24, 2.45) is 0 Å². The van der Waals surface area contributed by atoms with Crippen LogP contribution >= 0.6 is 11.6 Å². The number of hydrogen-bond donors (Lipinski definition) is 2. The second-order valence-corrected chi connectivity index (χ2v) is 6.00. The molecule has 1 aromatic carbocycles. The molecule has 1 unspecified atom stereocenters. The summed E-state index contributed by atoms with van der Waals surface area (Å²) >= 11 is 6.15. The number of carbonyl (C=O) groups is 1. The van der Waals surface area contributed by atoms with Crippen LogP contribution in [0.15, 0.2) is 18.2 Å². The van der Waals surface area contributed by atoms with Crippen LogP contribution in [0.4, 0.5) is 17.6 Å². The van der Waals surface area contributed by atoms with E-state index >= 15 is 0 Å². The van der Waals surface area contributed by atoms with Gasteiger partial charge in [0, 0.05) is 17.2 Å². The fourth-order valence-corrected chi connectivity index (χ4v) is 2.58. The molecule has 142 valence electrons. The van der Waals surface area contributed by atoms with Crippen molar-refractivity contribution in [2.45, 2.75) is 32.4 Å². The highest BCUT2D eigenvalue weighted by atomic mass is 35.5. The molecule has 5 nitrogen and oxygen atoms in total. The molecule has 0 amide bonds. The van der Waals surface area contributed by atoms with Crippen LogP contribution in [0.3, 0.4) is 0 Å². The van der Waals surface area contributed by atoms with Crippen molar-refractivity contribution in [3.63, 3.8) is 0 Å². The summed E-state index contributed by atoms with van der Waals surface area (Å²) in [7, 11) is 0. The van der Waals surface area contributed by atoms with E-state index in [1.807, 2.05) is 0 Å². The van der Waals surface area contributed by atoms with Crippen molar-refractivity contribution >= 4 is 17.6 Å². The summed E-state index contributed by atoms with van der Waals surface area (Å²) in [6.45, 7) is 1.15. The third-order valence-corrected chi connectivity index (χ3v) is 4.16. The number of alkyl halides is 2. The molecule has 2 N–H and O–H groups in total. The number of aromatic carboxylic acids is 1. The summed E-state index contributed by atoms with van der Waals surface area (Å²) in [5, 5.41) is 15.6. The van der Waals surface area contributed by atoms with E-state index in [9.17, 15) is 27.5 Å². The molecule has 0 aliphatic carbocycles. The van der Waals surface area contributed by atoms with Gasteiger partial charge in [0.2, 0.25) is 0 Å². The van der Waals surface area contributed by atoms with Crippen LogP contribution in [0.25, 0.3) is 0 Å². The first kappa shape index (κ1) is 20.2. The number of hydrogen-bond acceptors (Lipinski definition) is 3. The Labute approximate surface area is 151 Å². The standard InChI is InChI=1S/C16H16ClF4N3O2/c1-8(15(20)21)22-5-4-11-13(16(25)26)23-24(14(11)17)7-9-2-3-10(18)6-12(9)19/h2-3,6,8,15,22H,4-5,7H2,1H3,(H,25,26). The second-order valence-electron chi connectivity index (χ2n) is 5.64. The predicted octanol–water partition coefficient (Wildman–Crippen LogP) is 3.35. The van der Waals surface area contributed by atoms with Crippen LogP contribution in [0.2, 0.25) is 5.15 Å². The molecule has 10 heteroatoms. The van der Waals surface area contributed by atoms with Crippen molar-refractivity contribution in [1.82, 2.24) is 15.1 Å². The molecule has 1 aromatic heterocycles. The van der Waals surface area contributed by atoms with Crippen LogP contribution < -0.4 is 5.32 Å². The molecule has 0 aliphatic rings. The zero-order chi connectivity index (χ0) is 19.4. The zero-order valence-corrected chi connectivity index (χ0v) is 14.4. The fourth-order valence-electron chi connectivity index (χ4n) is 2.30. The topological polar surface area (TPSA) is 67.2 Å². The van der Waals surface area contributed by atoms with E-state index in [0.29, 0.717) is 6.07 Å². The van der Waals surface area contributed by atoms with Gasteiger partial charge >= 0.3 is 5.97 Å². The molecule has 0 saturated heterocycles. The summed E-state index contributed by atoms with van der Waals surface area (Å²) in [6, 6.07) is 1.89. The molecule has 26 heavy (non-hydrogen) atoms. The Morgan fingerprint density at radius 3 is 2.65 bits per heavy atom. The monoisotopic (exact) mass is 393 g/mol. The van der Waals surface area contributed by atoms with Gasteiger partial charge in [-0.25, -0.2) is 27.0 Å². The Bertz CT molecular complexity index is 798. The average Bonchev–Trinajstić information content (AvgIpc) is 2.87. The molecule has 0 bridgehead atoms. The van der Waals surface area contributed by atoms with E-state index in [1.54, 1.807) is 0 Å². The number of carboxylic acids is 1. The minimum absolute atomic E-state index is 0.0439. The number of nitrogens with one attached hydrogen (secondary N) is 1. The smallest absolute Gasteiger partial charge is 0.356 e. The van der Waals surface area contributed by atoms with Gasteiger partial charge in [-0.05, 0) is 26.0 Å². The molecule has 0 spiro atoms. The second kappa shape index (κ2) is 8.50. The lowest BCUT2D eigenvalue weighted by Gasteiger charge is -2.12. The third kappa shape index (κ3) is 4.73. The van der Waals surface area contributed by atoms with E-state index in [-0.39, 0.29) is 41.5 Å². The van der Waals surface area contributed by atoms with E-state index in [0.717, 1.165) is 10.7 Å². The lowest BCUT2D eigenvalue weighted by atomic mass is 10.1. The molecule has 1 atom stereocenters. The normalized spacial score (nSPS) is 12.6. The first-order chi connectivity index (χ1) is 12.2. The van der Waals surface area contributed by atoms with Gasteiger partial charge in [-0.1, -0.05) is 17.7 Å². The molecule has 0 radical (unpaired) electrons. The van der Waals surface area contributed by atoms with Crippen molar-refractivity contribution in [1.29, 1.82) is 0 Å². The highest BCUT2D eigenvalue weighted by Crippen LogP contribution is 2.23. The zero-order valence-electron chi connectivity index (χ0n) is 13.6. The number of halogens is 5. The number of rotatable bonds is 8. The van der Waals surface area contributed by atoms with Crippen molar-refractivity contribution < 1.29 is 27.5 Å². The maximum absolute atomic E-state index is 13.8. The minimum Gasteiger partial charge on any atom is -0.476 e. The Morgan fingerprint density at radius 1 is 1.38 bits per heavy atom. The van der Waals surface area contributed by atoms with E-state index < -0.39 is 30.1 Å². The molecule has 1 heterocycles. The van der Waals surface area contributed by atoms with Gasteiger partial charge in [-0.2, -0.15) is 5.10 Å². The first-order valence-electron chi connectivity index (χ1n) is 7.64. The SMILES string of the molecule is CC(NCCc1c(C(=O)O)nn(Cc2ccc(F)cc2F)c1Cl)C(F)F. The molecular formula is C16H16ClF4N3O2. The maximum Gasteiger partial charge on any atom is 0.356 e. The van der Waals surface area contributed by atoms with Crippen LogP contribution in [-0.2, 0) is 13.0 Å². The van der Waals surface area contributed by atoms with E-state index in [2.05, 4.69) is 10.4 Å². The van der Waals surface area contributed by atoms with Gasteiger partial charge in [-0.3, -0.25) is 0 Å². The van der Waals surface area contributed by atoms with Crippen LogP contribution in [0.1, 0.15) is 28.5 Å². The van der Waals surface area contributed by atoms with Crippen molar-refractivity contribution in [3.8, 4) is 0 Å². The summed E-state index contributed by atoms with van der Waals surface area (Å²) in [4.78, 5) is 11.4. The quantitative estimate of drug-likeness (QED) is 0.675. The average molecular weight is 394 g/mol. The third-order valence-electron chi connectivity index (χ3n) is 3.74. The number of benzene rings is 1. The predicted molar refractivity (Wildman–Crippen MR) is 86.8 cm³/mol. The summed E-state index contributed by atoms with van der Waals surface area (Å²) < 4.78 is 52.8. The summed E-state index contributed by atoms with van der Waals surface area (Å²) in [5.74, 6) is -2.91. The highest BCUT2D eigenvalue weighted by molar-refractivity contribution is 6.30. The van der Waals surface area contributed by atoms with Crippen LogP contribution in [0.5, 0.6) is 0 Å². The Balaban J connectivity index is 2.22. The van der Waals surface area contributed by atoms with E-state index in [1.165, 1.54) is 13.0 Å². The molecule has 2 aromatic rings. The first-order valence-corrected chi connectivity index (χ1v) is 8.02. The van der Waals surface area contributed by atoms with Crippen molar-refractivity contribution in [3.05, 3.63) is 51.8 Å². The van der Waals surface area contributed by atoms with E-state index in [4.69, 9.17) is 11.6 Å². The molecule has 0 fully saturated rings. The highest BCUT2D eigenvalue weighted by Gasteiger charge is 2.22. The van der Waals surface area contributed by atoms with Crippen LogP contribution in [0, 0.1) is 11.6 Å². The molecule has 0 aliphatic heterocycles. The van der Waals surface area contributed by atoms with Gasteiger partial charge in [0.05, 0.1) is 12.6 Å². The fraction of sp³-hybridized carbons (Fsp3) is 0.375. The van der Waals surface area contributed by atoms with Crippen LogP contribution in [-0.4, -0.2) is 39.9 Å². The minimum atomic E-state index is -2.56. The lowest BCUT2D eigenvalue weighted by Crippen LogP contribution is -2.34. The Kier molecular flexibility index (Phi) is 6.60. The number of nitrogens with zero attached hydrogens (tertiary/aromatic N) is 2. The molecular weight excluding hydrogens is 378 g/mol. The molecule has 2 rings (SSSR count). The largest absolute Gasteiger partial charge is 0.476 e.